The van der Waals surface area contributed by atoms with Gasteiger partial charge in [0.2, 0.25) is 5.91 Å². The van der Waals surface area contributed by atoms with Crippen molar-refractivity contribution in [2.24, 2.45) is 12.8 Å². The van der Waals surface area contributed by atoms with Crippen LogP contribution < -0.4 is 11.1 Å². The van der Waals surface area contributed by atoms with Gasteiger partial charge >= 0.3 is 0 Å². The number of nitrogens with zero attached hydrogens (tertiary/aromatic N) is 1. The summed E-state index contributed by atoms with van der Waals surface area (Å²) in [6.45, 7) is 2.57. The maximum Gasteiger partial charge on any atom is 0.222 e. The number of nitrogens with one attached hydrogen (secondary N) is 1. The van der Waals surface area contributed by atoms with E-state index in [1.165, 1.54) is 5.69 Å². The fraction of sp³-hybridized carbons (Fsp3) is 0.312. The van der Waals surface area contributed by atoms with Gasteiger partial charge in [-0.1, -0.05) is 30.3 Å². The van der Waals surface area contributed by atoms with E-state index in [0.29, 0.717) is 13.0 Å². The fourth-order valence-corrected chi connectivity index (χ4v) is 2.12. The molecule has 4 nitrogen and oxygen atoms in total. The maximum absolute atomic E-state index is 11.9. The van der Waals surface area contributed by atoms with Crippen LogP contribution in [-0.2, 0) is 18.4 Å². The molecular weight excluding hydrogens is 250 g/mol. The van der Waals surface area contributed by atoms with Crippen molar-refractivity contribution in [1.29, 1.82) is 0 Å². The van der Waals surface area contributed by atoms with Crippen molar-refractivity contribution in [1.82, 2.24) is 9.88 Å². The normalized spacial score (nSPS) is 12.2. The van der Waals surface area contributed by atoms with Crippen molar-refractivity contribution in [3.05, 3.63) is 59.4 Å². The molecule has 0 bridgehead atoms. The third-order valence-electron chi connectivity index (χ3n) is 3.58. The summed E-state index contributed by atoms with van der Waals surface area (Å²) in [4.78, 5) is 11.9. The second-order valence-electron chi connectivity index (χ2n) is 5.02. The Labute approximate surface area is 119 Å². The lowest BCUT2D eigenvalue weighted by Crippen LogP contribution is -2.27. The summed E-state index contributed by atoms with van der Waals surface area (Å²) in [6.07, 6.45) is 0.299. The highest BCUT2D eigenvalue weighted by atomic mass is 16.1. The molecule has 1 amide bonds. The van der Waals surface area contributed by atoms with Crippen LogP contribution in [0.3, 0.4) is 0 Å². The number of rotatable bonds is 5. The van der Waals surface area contributed by atoms with Crippen LogP contribution in [0.5, 0.6) is 0 Å². The van der Waals surface area contributed by atoms with Gasteiger partial charge < -0.3 is 15.6 Å². The van der Waals surface area contributed by atoms with Crippen LogP contribution in [0.2, 0.25) is 0 Å². The van der Waals surface area contributed by atoms with E-state index >= 15 is 0 Å². The summed E-state index contributed by atoms with van der Waals surface area (Å²) >= 11 is 0. The van der Waals surface area contributed by atoms with Gasteiger partial charge in [0.15, 0.2) is 0 Å². The molecule has 0 aliphatic rings. The lowest BCUT2D eigenvalue weighted by atomic mass is 10.0. The molecule has 0 fully saturated rings. The SMILES string of the molecule is Cc1ccc(CNC(=O)CC(N)c2ccccc2)n1C. The minimum atomic E-state index is -0.258. The zero-order valence-electron chi connectivity index (χ0n) is 12.0. The molecule has 1 aromatic carbocycles. The van der Waals surface area contributed by atoms with Crippen molar-refractivity contribution in [3.8, 4) is 0 Å². The first kappa shape index (κ1) is 14.3. The van der Waals surface area contributed by atoms with Gasteiger partial charge in [-0.15, -0.1) is 0 Å². The average molecular weight is 271 g/mol. The Kier molecular flexibility index (Phi) is 4.58. The van der Waals surface area contributed by atoms with Gasteiger partial charge in [0.1, 0.15) is 0 Å². The van der Waals surface area contributed by atoms with Crippen LogP contribution >= 0.6 is 0 Å². The molecule has 0 saturated carbocycles. The minimum absolute atomic E-state index is 0.0276. The fourth-order valence-electron chi connectivity index (χ4n) is 2.12. The summed E-state index contributed by atoms with van der Waals surface area (Å²) in [7, 11) is 1.99. The molecule has 1 aromatic heterocycles. The number of aryl methyl sites for hydroxylation is 1. The van der Waals surface area contributed by atoms with Crippen molar-refractivity contribution in [2.45, 2.75) is 25.9 Å². The summed E-state index contributed by atoms with van der Waals surface area (Å²) in [5.74, 6) is -0.0276. The van der Waals surface area contributed by atoms with Gasteiger partial charge in [0, 0.05) is 30.9 Å². The van der Waals surface area contributed by atoms with Gasteiger partial charge in [-0.25, -0.2) is 0 Å². The van der Waals surface area contributed by atoms with Crippen LogP contribution in [0.25, 0.3) is 0 Å². The molecule has 2 rings (SSSR count). The smallest absolute Gasteiger partial charge is 0.222 e. The molecule has 0 aliphatic carbocycles. The van der Waals surface area contributed by atoms with E-state index in [1.54, 1.807) is 0 Å². The van der Waals surface area contributed by atoms with E-state index in [1.807, 2.05) is 56.4 Å². The number of hydrogen-bond acceptors (Lipinski definition) is 2. The van der Waals surface area contributed by atoms with Crippen molar-refractivity contribution in [2.75, 3.05) is 0 Å². The summed E-state index contributed by atoms with van der Waals surface area (Å²) in [5, 5.41) is 2.91. The summed E-state index contributed by atoms with van der Waals surface area (Å²) in [5.41, 5.74) is 9.28. The Morgan fingerprint density at radius 1 is 1.25 bits per heavy atom. The van der Waals surface area contributed by atoms with E-state index in [-0.39, 0.29) is 11.9 Å². The monoisotopic (exact) mass is 271 g/mol. The van der Waals surface area contributed by atoms with E-state index in [2.05, 4.69) is 9.88 Å². The molecule has 4 heteroatoms. The first-order valence-electron chi connectivity index (χ1n) is 6.76. The van der Waals surface area contributed by atoms with Crippen LogP contribution in [0, 0.1) is 6.92 Å². The lowest BCUT2D eigenvalue weighted by Gasteiger charge is -2.12. The van der Waals surface area contributed by atoms with Crippen molar-refractivity contribution >= 4 is 5.91 Å². The standard InChI is InChI=1S/C16H21N3O/c1-12-8-9-14(19(12)2)11-18-16(20)10-15(17)13-6-4-3-5-7-13/h3-9,15H,10-11,17H2,1-2H3,(H,18,20). The first-order chi connectivity index (χ1) is 9.58. The number of nitrogens with two attached hydrogens (primary N) is 1. The van der Waals surface area contributed by atoms with E-state index in [9.17, 15) is 4.79 Å². The van der Waals surface area contributed by atoms with Crippen LogP contribution in [0.1, 0.15) is 29.4 Å². The van der Waals surface area contributed by atoms with Crippen molar-refractivity contribution < 1.29 is 4.79 Å². The Hall–Kier alpha value is -2.07. The maximum atomic E-state index is 11.9. The number of carbonyl (C=O) groups is 1. The number of amides is 1. The molecule has 20 heavy (non-hydrogen) atoms. The molecule has 1 heterocycles. The Morgan fingerprint density at radius 2 is 1.95 bits per heavy atom. The lowest BCUT2D eigenvalue weighted by molar-refractivity contribution is -0.121. The van der Waals surface area contributed by atoms with E-state index in [0.717, 1.165) is 11.3 Å². The van der Waals surface area contributed by atoms with E-state index < -0.39 is 0 Å². The Morgan fingerprint density at radius 3 is 2.55 bits per heavy atom. The van der Waals surface area contributed by atoms with Crippen LogP contribution in [0.4, 0.5) is 0 Å². The van der Waals surface area contributed by atoms with Gasteiger partial charge in [0.05, 0.1) is 6.54 Å². The van der Waals surface area contributed by atoms with Crippen LogP contribution in [-0.4, -0.2) is 10.5 Å². The molecule has 1 atom stereocenters. The van der Waals surface area contributed by atoms with Gasteiger partial charge in [0.25, 0.3) is 0 Å². The Bertz CT molecular complexity index is 575. The third kappa shape index (κ3) is 3.48. The molecule has 2 aromatic rings. The predicted molar refractivity (Wildman–Crippen MR) is 80.0 cm³/mol. The molecule has 0 spiro atoms. The Balaban J connectivity index is 1.85. The highest BCUT2D eigenvalue weighted by molar-refractivity contribution is 5.76. The third-order valence-corrected chi connectivity index (χ3v) is 3.58. The van der Waals surface area contributed by atoms with Gasteiger partial charge in [-0.3, -0.25) is 4.79 Å². The zero-order chi connectivity index (χ0) is 14.5. The molecule has 106 valence electrons. The topological polar surface area (TPSA) is 60.1 Å². The molecular formula is C16H21N3O. The number of carbonyl (C=O) groups excluding carboxylic acids is 1. The quantitative estimate of drug-likeness (QED) is 0.874. The van der Waals surface area contributed by atoms with Gasteiger partial charge in [-0.05, 0) is 24.6 Å². The predicted octanol–water partition coefficient (Wildman–Crippen LogP) is 2.04. The molecule has 0 radical (unpaired) electrons. The zero-order valence-corrected chi connectivity index (χ0v) is 12.0. The second kappa shape index (κ2) is 6.39. The number of benzene rings is 1. The summed E-state index contributed by atoms with van der Waals surface area (Å²) < 4.78 is 2.07. The molecule has 1 unspecified atom stereocenters. The second-order valence-corrected chi connectivity index (χ2v) is 5.02. The highest BCUT2D eigenvalue weighted by Gasteiger charge is 2.11. The largest absolute Gasteiger partial charge is 0.350 e. The number of aromatic nitrogens is 1. The van der Waals surface area contributed by atoms with Crippen LogP contribution in [0.15, 0.2) is 42.5 Å². The summed E-state index contributed by atoms with van der Waals surface area (Å²) in [6, 6.07) is 13.5. The molecule has 0 aliphatic heterocycles. The average Bonchev–Trinajstić information content (AvgIpc) is 2.77. The number of hydrogen-bond donors (Lipinski definition) is 2. The minimum Gasteiger partial charge on any atom is -0.350 e. The first-order valence-corrected chi connectivity index (χ1v) is 6.76. The van der Waals surface area contributed by atoms with E-state index in [4.69, 9.17) is 5.73 Å². The van der Waals surface area contributed by atoms with Gasteiger partial charge in [-0.2, -0.15) is 0 Å². The molecule has 3 N–H and O–H groups in total. The van der Waals surface area contributed by atoms with Crippen molar-refractivity contribution in [3.63, 3.8) is 0 Å². The highest BCUT2D eigenvalue weighted by Crippen LogP contribution is 2.13. The molecule has 0 saturated heterocycles.